The van der Waals surface area contributed by atoms with Gasteiger partial charge in [-0.3, -0.25) is 9.59 Å². The number of hydrogen-bond donors (Lipinski definition) is 3. The Balaban J connectivity index is 1.38. The summed E-state index contributed by atoms with van der Waals surface area (Å²) in [6.45, 7) is 6.82. The molecule has 3 saturated carbocycles. The van der Waals surface area contributed by atoms with Crippen molar-refractivity contribution in [3.8, 4) is 0 Å². The van der Waals surface area contributed by atoms with Crippen molar-refractivity contribution in [2.24, 2.45) is 34.0 Å². The molecule has 3 aliphatic carbocycles. The molecule has 8 aliphatic rings. The van der Waals surface area contributed by atoms with Gasteiger partial charge in [0.25, 0.3) is 5.79 Å². The van der Waals surface area contributed by atoms with Gasteiger partial charge in [-0.05, 0) is 26.8 Å². The third kappa shape index (κ3) is 3.34. The van der Waals surface area contributed by atoms with Gasteiger partial charge in [0.05, 0.1) is 51.8 Å². The monoisotopic (exact) mass is 706 g/mol. The van der Waals surface area contributed by atoms with Crippen LogP contribution >= 0.6 is 0 Å². The molecule has 50 heavy (non-hydrogen) atoms. The van der Waals surface area contributed by atoms with Crippen molar-refractivity contribution in [3.63, 3.8) is 0 Å². The first-order valence-corrected chi connectivity index (χ1v) is 16.7. The SMILES string of the molecule is C/C=C(\C)C(=O)O[C@H]1C[C@@H](OC(C)=O)[C@@]2(C(=O)OC)CO[C@H]3[C@@H](O)[C@@](C)([C@]45O[C@@]4(C)[C@H]4C5O[C@@H]5OC=C[C@@]54O)C4[C@]1(CO[C@]4(O)C(=O)OC)[C@@H]32. The van der Waals surface area contributed by atoms with Gasteiger partial charge in [0.1, 0.15) is 34.9 Å². The molecule has 3 N–H and O–H groups in total. The van der Waals surface area contributed by atoms with E-state index in [2.05, 4.69) is 0 Å². The summed E-state index contributed by atoms with van der Waals surface area (Å²) in [7, 11) is 2.22. The zero-order chi connectivity index (χ0) is 36.2. The normalized spacial score (nSPS) is 54.5. The average Bonchev–Trinajstić information content (AvgIpc) is 3.58. The lowest BCUT2D eigenvalue weighted by atomic mass is 9.35. The van der Waals surface area contributed by atoms with E-state index in [1.165, 1.54) is 19.3 Å². The second-order valence-corrected chi connectivity index (χ2v) is 15.4. The van der Waals surface area contributed by atoms with Gasteiger partial charge in [0.2, 0.25) is 6.29 Å². The maximum atomic E-state index is 14.1. The number of rotatable bonds is 6. The van der Waals surface area contributed by atoms with Gasteiger partial charge < -0.3 is 58.0 Å². The lowest BCUT2D eigenvalue weighted by molar-refractivity contribution is -0.309. The van der Waals surface area contributed by atoms with Crippen molar-refractivity contribution < 1.29 is 77.1 Å². The number of aliphatic hydroxyl groups excluding tert-OH is 1. The summed E-state index contributed by atoms with van der Waals surface area (Å²) in [5.74, 6) is -9.82. The van der Waals surface area contributed by atoms with E-state index in [0.717, 1.165) is 14.2 Å². The van der Waals surface area contributed by atoms with Crippen LogP contribution in [0, 0.1) is 34.0 Å². The van der Waals surface area contributed by atoms with Crippen LogP contribution in [0.5, 0.6) is 0 Å². The van der Waals surface area contributed by atoms with E-state index < -0.39 is 130 Å². The number of methoxy groups -OCH3 is 2. The summed E-state index contributed by atoms with van der Waals surface area (Å²) in [6.07, 6.45) is -3.45. The Bertz CT molecular complexity index is 1640. The molecule has 274 valence electrons. The molecule has 0 radical (unpaired) electrons. The molecule has 16 nitrogen and oxygen atoms in total. The van der Waals surface area contributed by atoms with Crippen LogP contribution in [0.3, 0.4) is 0 Å². The molecule has 0 aromatic carbocycles. The Labute approximate surface area is 286 Å². The van der Waals surface area contributed by atoms with Crippen LogP contribution in [0.15, 0.2) is 24.0 Å². The molecule has 7 fully saturated rings. The minimum atomic E-state index is -2.82. The molecule has 5 heterocycles. The number of fused-ring (bicyclic) bond motifs is 6. The molecule has 16 heteroatoms. The highest BCUT2D eigenvalue weighted by atomic mass is 16.8. The fourth-order valence-corrected chi connectivity index (χ4v) is 11.9. The summed E-state index contributed by atoms with van der Waals surface area (Å²) in [6, 6.07) is 0. The first kappa shape index (κ1) is 34.0. The Morgan fingerprint density at radius 3 is 2.30 bits per heavy atom. The van der Waals surface area contributed by atoms with Gasteiger partial charge >= 0.3 is 23.9 Å². The first-order valence-electron chi connectivity index (χ1n) is 16.7. The fourth-order valence-electron chi connectivity index (χ4n) is 11.9. The van der Waals surface area contributed by atoms with Crippen LogP contribution in [-0.2, 0) is 61.8 Å². The Morgan fingerprint density at radius 1 is 0.960 bits per heavy atom. The molecule has 0 bridgehead atoms. The molecule has 1 spiro atoms. The fraction of sp³-hybridized carbons (Fsp3) is 0.765. The van der Waals surface area contributed by atoms with Crippen LogP contribution in [-0.4, -0.2) is 126 Å². The zero-order valence-corrected chi connectivity index (χ0v) is 28.7. The highest BCUT2D eigenvalue weighted by Crippen LogP contribution is 2.85. The van der Waals surface area contributed by atoms with Crippen LogP contribution in [0.1, 0.15) is 41.0 Å². The molecule has 16 atom stereocenters. The topological polar surface area (TPSA) is 215 Å². The number of carbonyl (C=O) groups is 4. The number of allylic oxidation sites excluding steroid dienone is 1. The third-order valence-electron chi connectivity index (χ3n) is 13.8. The number of esters is 4. The van der Waals surface area contributed by atoms with Crippen LogP contribution < -0.4 is 0 Å². The molecule has 0 aromatic heterocycles. The molecule has 0 amide bonds. The predicted octanol–water partition coefficient (Wildman–Crippen LogP) is -0.593. The summed E-state index contributed by atoms with van der Waals surface area (Å²) in [4.78, 5) is 54.1. The van der Waals surface area contributed by atoms with Crippen molar-refractivity contribution in [2.45, 2.75) is 100 Å². The van der Waals surface area contributed by atoms with E-state index in [1.807, 2.05) is 0 Å². The van der Waals surface area contributed by atoms with Crippen molar-refractivity contribution in [1.29, 1.82) is 0 Å². The maximum absolute atomic E-state index is 14.1. The highest BCUT2D eigenvalue weighted by Gasteiger charge is 3.01. The van der Waals surface area contributed by atoms with Gasteiger partial charge in [-0.15, -0.1) is 0 Å². The van der Waals surface area contributed by atoms with Gasteiger partial charge in [0.15, 0.2) is 5.60 Å². The molecular weight excluding hydrogens is 664 g/mol. The number of ether oxygens (including phenoxy) is 9. The number of hydrogen-bond acceptors (Lipinski definition) is 16. The van der Waals surface area contributed by atoms with Crippen molar-refractivity contribution in [2.75, 3.05) is 27.4 Å². The maximum Gasteiger partial charge on any atom is 0.366 e. The van der Waals surface area contributed by atoms with Gasteiger partial charge in [-0.2, -0.15) is 0 Å². The van der Waals surface area contributed by atoms with Crippen LogP contribution in [0.25, 0.3) is 0 Å². The van der Waals surface area contributed by atoms with Gasteiger partial charge in [-0.25, -0.2) is 9.59 Å². The predicted molar refractivity (Wildman–Crippen MR) is 160 cm³/mol. The molecular formula is C34H42O16. The van der Waals surface area contributed by atoms with Crippen LogP contribution in [0.2, 0.25) is 0 Å². The number of carbonyl (C=O) groups excluding carboxylic acids is 4. The quantitative estimate of drug-likeness (QED) is 0.136. The highest BCUT2D eigenvalue weighted by molar-refractivity contribution is 5.88. The van der Waals surface area contributed by atoms with Gasteiger partial charge in [-0.1, -0.05) is 13.0 Å². The lowest BCUT2D eigenvalue weighted by Gasteiger charge is -2.67. The van der Waals surface area contributed by atoms with Crippen LogP contribution in [0.4, 0.5) is 0 Å². The third-order valence-corrected chi connectivity index (χ3v) is 13.8. The minimum absolute atomic E-state index is 0.234. The number of epoxide rings is 1. The second kappa shape index (κ2) is 10.1. The smallest absolute Gasteiger partial charge is 0.366 e. The molecule has 2 unspecified atom stereocenters. The Hall–Kier alpha value is -3.12. The minimum Gasteiger partial charge on any atom is -0.469 e. The average molecular weight is 707 g/mol. The van der Waals surface area contributed by atoms with E-state index in [-0.39, 0.29) is 12.0 Å². The molecule has 0 aromatic rings. The molecule has 5 aliphatic heterocycles. The van der Waals surface area contributed by atoms with E-state index >= 15 is 0 Å². The van der Waals surface area contributed by atoms with E-state index in [0.29, 0.717) is 0 Å². The largest absolute Gasteiger partial charge is 0.469 e. The standard InChI is InChI=1S/C34H42O16/c1-8-14(2)23(37)48-16-11-17(47-15(3)35)31(25(38)42-6)12-45-18-19(31)30(16)13-46-33(41,26(39)43-7)24(30)28(4,21(18)36)34-22-20(29(34,5)50-34)32(40)9-10-44-27(32)49-22/h8-10,16-22,24,27,36,40-41H,11-13H2,1-7H3/b14-8+/t16-,17+,18+,19+,20+,21+,22?,24?,27-,28+,29-,30-,31-,32-,33-,34-/m0/s1. The first-order chi connectivity index (χ1) is 23.5. The summed E-state index contributed by atoms with van der Waals surface area (Å²) >= 11 is 0. The molecule has 4 saturated heterocycles. The van der Waals surface area contributed by atoms with Gasteiger partial charge in [0, 0.05) is 41.6 Å². The van der Waals surface area contributed by atoms with Crippen molar-refractivity contribution in [3.05, 3.63) is 24.0 Å². The Morgan fingerprint density at radius 2 is 1.66 bits per heavy atom. The lowest BCUT2D eigenvalue weighted by Crippen LogP contribution is -2.82. The number of aliphatic hydroxyl groups is 3. The van der Waals surface area contributed by atoms with E-state index in [9.17, 15) is 34.5 Å². The van der Waals surface area contributed by atoms with E-state index in [4.69, 9.17) is 42.6 Å². The Kier molecular flexibility index (Phi) is 6.83. The van der Waals surface area contributed by atoms with Crippen molar-refractivity contribution >= 4 is 23.9 Å². The zero-order valence-electron chi connectivity index (χ0n) is 28.7. The molecule has 8 rings (SSSR count). The van der Waals surface area contributed by atoms with E-state index in [1.54, 1.807) is 33.8 Å². The van der Waals surface area contributed by atoms with Crippen molar-refractivity contribution in [1.82, 2.24) is 0 Å². The summed E-state index contributed by atoms with van der Waals surface area (Å²) < 4.78 is 53.5. The summed E-state index contributed by atoms with van der Waals surface area (Å²) in [5, 5.41) is 37.1. The second-order valence-electron chi connectivity index (χ2n) is 15.4. The summed E-state index contributed by atoms with van der Waals surface area (Å²) in [5.41, 5.74) is -9.36.